The van der Waals surface area contributed by atoms with Crippen LogP contribution in [0.15, 0.2) is 11.6 Å². The van der Waals surface area contributed by atoms with Crippen LogP contribution in [0.25, 0.3) is 0 Å². The fourth-order valence-corrected chi connectivity index (χ4v) is 2.60. The maximum atomic E-state index is 2.66. The fourth-order valence-electron chi connectivity index (χ4n) is 2.60. The van der Waals surface area contributed by atoms with Gasteiger partial charge in [0, 0.05) is 6.54 Å². The van der Waals surface area contributed by atoms with Crippen molar-refractivity contribution in [2.24, 2.45) is 5.92 Å². The minimum Gasteiger partial charge on any atom is -0.303 e. The summed E-state index contributed by atoms with van der Waals surface area (Å²) in [5.74, 6) is 0.956. The summed E-state index contributed by atoms with van der Waals surface area (Å²) in [6.07, 6.45) is 11.9. The summed E-state index contributed by atoms with van der Waals surface area (Å²) in [6, 6.07) is 0. The van der Waals surface area contributed by atoms with Gasteiger partial charge in [0.2, 0.25) is 0 Å². The summed E-state index contributed by atoms with van der Waals surface area (Å²) in [7, 11) is 0. The van der Waals surface area contributed by atoms with Crippen LogP contribution in [0.4, 0.5) is 0 Å². The van der Waals surface area contributed by atoms with Crippen molar-refractivity contribution in [1.82, 2.24) is 4.90 Å². The normalized spacial score (nSPS) is 18.1. The number of rotatable bonds is 7. The highest BCUT2D eigenvalue weighted by molar-refractivity contribution is 5.00. The molecule has 0 amide bonds. The summed E-state index contributed by atoms with van der Waals surface area (Å²) in [6.45, 7) is 14.8. The fraction of sp³-hybridized carbons (Fsp3) is 0.889. The van der Waals surface area contributed by atoms with Gasteiger partial charge >= 0.3 is 0 Å². The topological polar surface area (TPSA) is 3.24 Å². The first-order valence-corrected chi connectivity index (χ1v) is 8.62. The maximum Gasteiger partial charge on any atom is 0.00186 e. The van der Waals surface area contributed by atoms with E-state index < -0.39 is 0 Å². The minimum atomic E-state index is 0.956. The lowest BCUT2D eigenvalue weighted by atomic mass is 9.98. The zero-order chi connectivity index (χ0) is 14.5. The van der Waals surface area contributed by atoms with E-state index in [-0.39, 0.29) is 0 Å². The molecule has 0 radical (unpaired) electrons. The molecule has 1 aliphatic rings. The SMILES string of the molecule is C/C=C(\CCCCC)CCN1CCC(C)CC1.CC. The van der Waals surface area contributed by atoms with Crippen molar-refractivity contribution in [2.75, 3.05) is 19.6 Å². The van der Waals surface area contributed by atoms with E-state index in [1.165, 1.54) is 64.6 Å². The van der Waals surface area contributed by atoms with Crippen molar-refractivity contribution in [1.29, 1.82) is 0 Å². The average molecular weight is 268 g/mol. The molecular formula is C18H37N. The Morgan fingerprint density at radius 1 is 1.11 bits per heavy atom. The minimum absolute atomic E-state index is 0.956. The van der Waals surface area contributed by atoms with Crippen LogP contribution in [0, 0.1) is 5.92 Å². The zero-order valence-electron chi connectivity index (χ0n) is 14.2. The molecule has 0 N–H and O–H groups in total. The number of likely N-dealkylation sites (tertiary alicyclic amines) is 1. The van der Waals surface area contributed by atoms with Crippen LogP contribution in [0.2, 0.25) is 0 Å². The van der Waals surface area contributed by atoms with E-state index in [1.807, 2.05) is 13.8 Å². The first-order valence-electron chi connectivity index (χ1n) is 8.62. The van der Waals surface area contributed by atoms with Gasteiger partial charge in [-0.1, -0.05) is 52.2 Å². The van der Waals surface area contributed by atoms with Crippen molar-refractivity contribution in [3.8, 4) is 0 Å². The van der Waals surface area contributed by atoms with E-state index in [2.05, 4.69) is 31.7 Å². The van der Waals surface area contributed by atoms with Gasteiger partial charge < -0.3 is 4.90 Å². The van der Waals surface area contributed by atoms with Crippen molar-refractivity contribution >= 4 is 0 Å². The van der Waals surface area contributed by atoms with Gasteiger partial charge in [0.15, 0.2) is 0 Å². The molecule has 1 aliphatic heterocycles. The van der Waals surface area contributed by atoms with Gasteiger partial charge in [-0.25, -0.2) is 0 Å². The summed E-state index contributed by atoms with van der Waals surface area (Å²) < 4.78 is 0. The van der Waals surface area contributed by atoms with Crippen LogP contribution in [-0.4, -0.2) is 24.5 Å². The number of nitrogens with zero attached hydrogens (tertiary/aromatic N) is 1. The Morgan fingerprint density at radius 2 is 1.74 bits per heavy atom. The van der Waals surface area contributed by atoms with E-state index in [4.69, 9.17) is 0 Å². The van der Waals surface area contributed by atoms with Gasteiger partial charge in [-0.2, -0.15) is 0 Å². The highest BCUT2D eigenvalue weighted by Crippen LogP contribution is 2.18. The van der Waals surface area contributed by atoms with Crippen LogP contribution in [0.5, 0.6) is 0 Å². The van der Waals surface area contributed by atoms with Crippen LogP contribution in [-0.2, 0) is 0 Å². The average Bonchev–Trinajstić information content (AvgIpc) is 2.46. The highest BCUT2D eigenvalue weighted by Gasteiger charge is 2.15. The molecule has 114 valence electrons. The molecule has 0 bridgehead atoms. The van der Waals surface area contributed by atoms with Crippen molar-refractivity contribution in [3.63, 3.8) is 0 Å². The van der Waals surface area contributed by atoms with E-state index in [9.17, 15) is 0 Å². The molecule has 0 aromatic rings. The molecule has 1 rings (SSSR count). The van der Waals surface area contributed by atoms with Crippen molar-refractivity contribution in [2.45, 2.75) is 79.6 Å². The number of hydrogen-bond acceptors (Lipinski definition) is 1. The molecule has 0 unspecified atom stereocenters. The third kappa shape index (κ3) is 9.27. The van der Waals surface area contributed by atoms with Gasteiger partial charge in [0.1, 0.15) is 0 Å². The molecule has 0 spiro atoms. The lowest BCUT2D eigenvalue weighted by Gasteiger charge is -2.30. The number of piperidine rings is 1. The predicted octanol–water partition coefficient (Wildman–Crippen LogP) is 5.66. The Bertz CT molecular complexity index is 212. The Labute approximate surface area is 122 Å². The predicted molar refractivity (Wildman–Crippen MR) is 88.7 cm³/mol. The molecule has 1 saturated heterocycles. The molecule has 0 aromatic carbocycles. The smallest absolute Gasteiger partial charge is 0.00186 e. The Morgan fingerprint density at radius 3 is 2.26 bits per heavy atom. The number of hydrogen-bond donors (Lipinski definition) is 0. The highest BCUT2D eigenvalue weighted by atomic mass is 15.1. The molecule has 1 nitrogen and oxygen atoms in total. The summed E-state index contributed by atoms with van der Waals surface area (Å²) in [5, 5.41) is 0. The van der Waals surface area contributed by atoms with E-state index >= 15 is 0 Å². The first kappa shape index (κ1) is 18.7. The second-order valence-electron chi connectivity index (χ2n) is 5.68. The van der Waals surface area contributed by atoms with Crippen molar-refractivity contribution in [3.05, 3.63) is 11.6 Å². The molecule has 0 atom stereocenters. The molecule has 19 heavy (non-hydrogen) atoms. The van der Waals surface area contributed by atoms with E-state index in [0.29, 0.717) is 0 Å². The van der Waals surface area contributed by atoms with Gasteiger partial charge in [-0.05, 0) is 58.0 Å². The first-order chi connectivity index (χ1) is 9.26. The maximum absolute atomic E-state index is 2.66. The van der Waals surface area contributed by atoms with E-state index in [0.717, 1.165) is 5.92 Å². The second-order valence-corrected chi connectivity index (χ2v) is 5.68. The Balaban J connectivity index is 0.00000154. The second kappa shape index (κ2) is 12.7. The van der Waals surface area contributed by atoms with E-state index in [1.54, 1.807) is 5.57 Å². The Kier molecular flexibility index (Phi) is 12.5. The molecular weight excluding hydrogens is 230 g/mol. The molecule has 1 fully saturated rings. The third-order valence-corrected chi connectivity index (χ3v) is 4.14. The van der Waals surface area contributed by atoms with Crippen molar-refractivity contribution < 1.29 is 0 Å². The molecule has 1 heteroatoms. The summed E-state index contributed by atoms with van der Waals surface area (Å²) in [4.78, 5) is 2.66. The van der Waals surface area contributed by atoms with Crippen LogP contribution < -0.4 is 0 Å². The monoisotopic (exact) mass is 267 g/mol. The lowest BCUT2D eigenvalue weighted by Crippen LogP contribution is -2.33. The van der Waals surface area contributed by atoms with Gasteiger partial charge in [0.05, 0.1) is 0 Å². The molecule has 0 aliphatic carbocycles. The van der Waals surface area contributed by atoms with Crippen LogP contribution in [0.1, 0.15) is 79.6 Å². The number of unbranched alkanes of at least 4 members (excludes halogenated alkanes) is 2. The van der Waals surface area contributed by atoms with Gasteiger partial charge in [-0.3, -0.25) is 0 Å². The molecule has 1 heterocycles. The largest absolute Gasteiger partial charge is 0.303 e. The van der Waals surface area contributed by atoms with Gasteiger partial charge in [0.25, 0.3) is 0 Å². The zero-order valence-corrected chi connectivity index (χ0v) is 14.2. The standard InChI is InChI=1S/C16H31N.C2H6/c1-4-6-7-8-16(5-2)11-14-17-12-9-15(3)10-13-17;1-2/h5,15H,4,6-14H2,1-3H3;1-2H3/b16-5+;. The van der Waals surface area contributed by atoms with Crippen LogP contribution in [0.3, 0.4) is 0 Å². The summed E-state index contributed by atoms with van der Waals surface area (Å²) >= 11 is 0. The summed E-state index contributed by atoms with van der Waals surface area (Å²) in [5.41, 5.74) is 1.68. The number of allylic oxidation sites excluding steroid dienone is 1. The van der Waals surface area contributed by atoms with Crippen LogP contribution >= 0.6 is 0 Å². The third-order valence-electron chi connectivity index (χ3n) is 4.14. The Hall–Kier alpha value is -0.300. The lowest BCUT2D eigenvalue weighted by molar-refractivity contribution is 0.194. The quantitative estimate of drug-likeness (QED) is 0.425. The molecule has 0 saturated carbocycles. The van der Waals surface area contributed by atoms with Gasteiger partial charge in [-0.15, -0.1) is 0 Å². The molecule has 0 aromatic heterocycles.